The van der Waals surface area contributed by atoms with Gasteiger partial charge < -0.3 is 15.1 Å². The second-order valence-corrected chi connectivity index (χ2v) is 5.79. The first-order valence-corrected chi connectivity index (χ1v) is 7.43. The zero-order valence-electron chi connectivity index (χ0n) is 11.7. The second-order valence-electron chi connectivity index (χ2n) is 5.79. The molecule has 0 bridgehead atoms. The number of carbonyl (C=O) groups excluding carboxylic acids is 1. The molecule has 0 aromatic carbocycles. The number of hydrogen-bond donors (Lipinski definition) is 1. The van der Waals surface area contributed by atoms with Crippen LogP contribution < -0.4 is 5.32 Å². The van der Waals surface area contributed by atoms with Gasteiger partial charge in [0.05, 0.1) is 0 Å². The summed E-state index contributed by atoms with van der Waals surface area (Å²) in [6.45, 7) is 6.27. The van der Waals surface area contributed by atoms with Crippen LogP contribution in [-0.4, -0.2) is 62.0 Å². The molecule has 0 spiro atoms. The van der Waals surface area contributed by atoms with Gasteiger partial charge in [-0.1, -0.05) is 0 Å². The van der Waals surface area contributed by atoms with Crippen LogP contribution >= 0.6 is 0 Å². The quantitative estimate of drug-likeness (QED) is 0.813. The molecule has 0 saturated carbocycles. The minimum atomic E-state index is 0.371. The molecule has 0 aliphatic carbocycles. The van der Waals surface area contributed by atoms with Crippen molar-refractivity contribution in [2.24, 2.45) is 5.92 Å². The molecule has 4 heteroatoms. The van der Waals surface area contributed by atoms with E-state index in [1.54, 1.807) is 0 Å². The summed E-state index contributed by atoms with van der Waals surface area (Å²) in [6.07, 6.45) is 5.50. The van der Waals surface area contributed by atoms with Crippen LogP contribution in [0.3, 0.4) is 0 Å². The minimum absolute atomic E-state index is 0.371. The molecular formula is C14H27N3O. The molecule has 1 amide bonds. The lowest BCUT2D eigenvalue weighted by Crippen LogP contribution is -2.35. The van der Waals surface area contributed by atoms with Crippen LogP contribution in [0.15, 0.2) is 0 Å². The fourth-order valence-electron chi connectivity index (χ4n) is 2.95. The zero-order valence-corrected chi connectivity index (χ0v) is 11.7. The molecule has 0 aromatic rings. The van der Waals surface area contributed by atoms with Gasteiger partial charge in [0.2, 0.25) is 5.91 Å². The summed E-state index contributed by atoms with van der Waals surface area (Å²) in [6, 6.07) is 0. The smallest absolute Gasteiger partial charge is 0.222 e. The van der Waals surface area contributed by atoms with Gasteiger partial charge in [0, 0.05) is 26.1 Å². The average molecular weight is 253 g/mol. The first-order valence-electron chi connectivity index (χ1n) is 7.43. The highest BCUT2D eigenvalue weighted by atomic mass is 16.2. The lowest BCUT2D eigenvalue weighted by atomic mass is 9.94. The summed E-state index contributed by atoms with van der Waals surface area (Å²) in [4.78, 5) is 16.6. The summed E-state index contributed by atoms with van der Waals surface area (Å²) in [5, 5.41) is 3.42. The predicted octanol–water partition coefficient (Wildman–Crippen LogP) is 0.930. The van der Waals surface area contributed by atoms with E-state index in [1.165, 1.54) is 12.8 Å². The van der Waals surface area contributed by atoms with E-state index in [1.807, 2.05) is 0 Å². The summed E-state index contributed by atoms with van der Waals surface area (Å²) >= 11 is 0. The Hall–Kier alpha value is -0.610. The molecule has 18 heavy (non-hydrogen) atoms. The lowest BCUT2D eigenvalue weighted by Gasteiger charge is -2.25. The highest BCUT2D eigenvalue weighted by Gasteiger charge is 2.19. The number of hydrogen-bond acceptors (Lipinski definition) is 3. The number of likely N-dealkylation sites (N-methyl/N-ethyl adjacent to an activating group) is 1. The zero-order chi connectivity index (χ0) is 12.8. The van der Waals surface area contributed by atoms with E-state index >= 15 is 0 Å². The van der Waals surface area contributed by atoms with Crippen molar-refractivity contribution in [2.75, 3.05) is 46.3 Å². The Morgan fingerprint density at radius 2 is 2.11 bits per heavy atom. The van der Waals surface area contributed by atoms with Crippen LogP contribution in [-0.2, 0) is 4.79 Å². The van der Waals surface area contributed by atoms with Gasteiger partial charge in [0.1, 0.15) is 0 Å². The van der Waals surface area contributed by atoms with Gasteiger partial charge in [-0.3, -0.25) is 4.79 Å². The van der Waals surface area contributed by atoms with Crippen molar-refractivity contribution in [3.05, 3.63) is 0 Å². The Labute approximate surface area is 111 Å². The van der Waals surface area contributed by atoms with E-state index < -0.39 is 0 Å². The lowest BCUT2D eigenvalue weighted by molar-refractivity contribution is -0.131. The third kappa shape index (κ3) is 4.25. The number of nitrogens with zero attached hydrogens (tertiary/aromatic N) is 2. The monoisotopic (exact) mass is 253 g/mol. The molecule has 0 radical (unpaired) electrons. The van der Waals surface area contributed by atoms with E-state index in [-0.39, 0.29) is 0 Å². The van der Waals surface area contributed by atoms with Gasteiger partial charge in [0.25, 0.3) is 0 Å². The topological polar surface area (TPSA) is 35.6 Å². The molecule has 2 rings (SSSR count). The van der Waals surface area contributed by atoms with E-state index in [2.05, 4.69) is 22.2 Å². The number of nitrogens with one attached hydrogen (secondary N) is 1. The Balaban J connectivity index is 1.69. The van der Waals surface area contributed by atoms with E-state index in [4.69, 9.17) is 0 Å². The third-order valence-corrected chi connectivity index (χ3v) is 4.24. The molecule has 104 valence electrons. The van der Waals surface area contributed by atoms with Gasteiger partial charge >= 0.3 is 0 Å². The van der Waals surface area contributed by atoms with Gasteiger partial charge in [-0.05, 0) is 58.3 Å². The molecule has 0 aromatic heterocycles. The van der Waals surface area contributed by atoms with Crippen molar-refractivity contribution < 1.29 is 4.79 Å². The van der Waals surface area contributed by atoms with Crippen molar-refractivity contribution in [3.63, 3.8) is 0 Å². The summed E-state index contributed by atoms with van der Waals surface area (Å²) in [7, 11) is 2.14. The molecule has 2 aliphatic heterocycles. The Morgan fingerprint density at radius 3 is 2.89 bits per heavy atom. The SMILES string of the molecule is CN1CCCN(C(=O)CCC2CCCNC2)CC1. The van der Waals surface area contributed by atoms with Crippen LogP contribution in [0, 0.1) is 5.92 Å². The normalized spacial score (nSPS) is 26.9. The number of piperidine rings is 1. The standard InChI is InChI=1S/C14H27N3O/c1-16-8-3-9-17(11-10-16)14(18)6-5-13-4-2-7-15-12-13/h13,15H,2-12H2,1H3. The van der Waals surface area contributed by atoms with Crippen molar-refractivity contribution in [3.8, 4) is 0 Å². The van der Waals surface area contributed by atoms with E-state index in [0.29, 0.717) is 5.91 Å². The highest BCUT2D eigenvalue weighted by Crippen LogP contribution is 2.17. The Bertz CT molecular complexity index is 264. The molecular weight excluding hydrogens is 226 g/mol. The van der Waals surface area contributed by atoms with Crippen LogP contribution in [0.1, 0.15) is 32.1 Å². The summed E-state index contributed by atoms with van der Waals surface area (Å²) in [5.74, 6) is 1.09. The van der Waals surface area contributed by atoms with Gasteiger partial charge in [0.15, 0.2) is 0 Å². The summed E-state index contributed by atoms with van der Waals surface area (Å²) < 4.78 is 0. The number of carbonyl (C=O) groups is 1. The fourth-order valence-corrected chi connectivity index (χ4v) is 2.95. The maximum atomic E-state index is 12.2. The molecule has 1 N–H and O–H groups in total. The average Bonchev–Trinajstić information content (AvgIpc) is 2.62. The van der Waals surface area contributed by atoms with Crippen LogP contribution in [0.4, 0.5) is 0 Å². The Morgan fingerprint density at radius 1 is 1.22 bits per heavy atom. The first-order chi connectivity index (χ1) is 8.75. The van der Waals surface area contributed by atoms with Gasteiger partial charge in [-0.15, -0.1) is 0 Å². The van der Waals surface area contributed by atoms with E-state index in [9.17, 15) is 4.79 Å². The second kappa shape index (κ2) is 7.10. The molecule has 2 fully saturated rings. The highest BCUT2D eigenvalue weighted by molar-refractivity contribution is 5.76. The van der Waals surface area contributed by atoms with Crippen molar-refractivity contribution in [1.82, 2.24) is 15.1 Å². The fraction of sp³-hybridized carbons (Fsp3) is 0.929. The molecule has 4 nitrogen and oxygen atoms in total. The van der Waals surface area contributed by atoms with Crippen molar-refractivity contribution >= 4 is 5.91 Å². The van der Waals surface area contributed by atoms with Crippen LogP contribution in [0.2, 0.25) is 0 Å². The van der Waals surface area contributed by atoms with Gasteiger partial charge in [-0.2, -0.15) is 0 Å². The largest absolute Gasteiger partial charge is 0.341 e. The maximum absolute atomic E-state index is 12.2. The molecule has 1 atom stereocenters. The van der Waals surface area contributed by atoms with Crippen LogP contribution in [0.25, 0.3) is 0 Å². The van der Waals surface area contributed by atoms with Crippen molar-refractivity contribution in [2.45, 2.75) is 32.1 Å². The minimum Gasteiger partial charge on any atom is -0.341 e. The molecule has 2 saturated heterocycles. The maximum Gasteiger partial charge on any atom is 0.222 e. The first kappa shape index (κ1) is 13.8. The Kier molecular flexibility index (Phi) is 5.45. The van der Waals surface area contributed by atoms with Crippen molar-refractivity contribution in [1.29, 1.82) is 0 Å². The summed E-state index contributed by atoms with van der Waals surface area (Å²) in [5.41, 5.74) is 0. The third-order valence-electron chi connectivity index (χ3n) is 4.24. The molecule has 2 aliphatic rings. The number of rotatable bonds is 3. The predicted molar refractivity (Wildman–Crippen MR) is 73.5 cm³/mol. The number of amides is 1. The molecule has 1 unspecified atom stereocenters. The van der Waals surface area contributed by atoms with E-state index in [0.717, 1.165) is 64.4 Å². The van der Waals surface area contributed by atoms with Crippen LogP contribution in [0.5, 0.6) is 0 Å². The molecule has 2 heterocycles. The van der Waals surface area contributed by atoms with Gasteiger partial charge in [-0.25, -0.2) is 0 Å².